The predicted octanol–water partition coefficient (Wildman–Crippen LogP) is 6.16. The van der Waals surface area contributed by atoms with E-state index in [9.17, 15) is 0 Å². The van der Waals surface area contributed by atoms with Gasteiger partial charge in [0, 0.05) is 4.83 Å². The Morgan fingerprint density at radius 2 is 1.63 bits per heavy atom. The molecule has 0 N–H and O–H groups in total. The molecule has 0 heterocycles. The van der Waals surface area contributed by atoms with Crippen molar-refractivity contribution < 1.29 is 0 Å². The van der Waals surface area contributed by atoms with Crippen LogP contribution in [0.2, 0.25) is 0 Å². The van der Waals surface area contributed by atoms with E-state index in [-0.39, 0.29) is 0 Å². The molecule has 0 aliphatic heterocycles. The highest BCUT2D eigenvalue weighted by atomic mass is 79.9. The number of hydrogen-bond donors (Lipinski definition) is 0. The van der Waals surface area contributed by atoms with Gasteiger partial charge in [-0.1, -0.05) is 71.6 Å². The van der Waals surface area contributed by atoms with Crippen LogP contribution in [0, 0.1) is 12.8 Å². The second kappa shape index (κ2) is 5.66. The number of aryl methyl sites for hydroxylation is 1. The Kier molecular flexibility index (Phi) is 3.93. The van der Waals surface area contributed by atoms with E-state index in [1.54, 1.807) is 0 Å². The molecule has 1 saturated carbocycles. The molecule has 3 rings (SSSR count). The molecule has 100 valence electrons. The summed E-state index contributed by atoms with van der Waals surface area (Å²) < 4.78 is 0. The van der Waals surface area contributed by atoms with Gasteiger partial charge in [-0.2, -0.15) is 0 Å². The average molecular weight is 317 g/mol. The fourth-order valence-electron chi connectivity index (χ4n) is 3.39. The molecule has 1 heteroatoms. The first-order chi connectivity index (χ1) is 9.27. The van der Waals surface area contributed by atoms with Crippen LogP contribution in [0.15, 0.2) is 36.4 Å². The SMILES string of the molecule is Cc1ccc(C(Br)C2CCCCC2)c2ccccc12. The third-order valence-electron chi connectivity index (χ3n) is 4.54. The number of alkyl halides is 1. The van der Waals surface area contributed by atoms with Crippen molar-refractivity contribution in [1.82, 2.24) is 0 Å². The van der Waals surface area contributed by atoms with Gasteiger partial charge in [-0.3, -0.25) is 0 Å². The average Bonchev–Trinajstić information content (AvgIpc) is 2.48. The van der Waals surface area contributed by atoms with E-state index in [0.717, 1.165) is 5.92 Å². The van der Waals surface area contributed by atoms with E-state index >= 15 is 0 Å². The first kappa shape index (κ1) is 13.2. The van der Waals surface area contributed by atoms with Crippen LogP contribution in [0.5, 0.6) is 0 Å². The molecule has 2 aromatic rings. The number of benzene rings is 2. The van der Waals surface area contributed by atoms with Crippen molar-refractivity contribution in [3.63, 3.8) is 0 Å². The highest BCUT2D eigenvalue weighted by molar-refractivity contribution is 9.09. The zero-order chi connectivity index (χ0) is 13.2. The van der Waals surface area contributed by atoms with Gasteiger partial charge in [-0.05, 0) is 47.6 Å². The Morgan fingerprint density at radius 1 is 0.947 bits per heavy atom. The van der Waals surface area contributed by atoms with Gasteiger partial charge in [-0.25, -0.2) is 0 Å². The fourth-order valence-corrected chi connectivity index (χ4v) is 4.32. The Labute approximate surface area is 124 Å². The summed E-state index contributed by atoms with van der Waals surface area (Å²) in [6, 6.07) is 13.4. The molecule has 0 saturated heterocycles. The fraction of sp³-hybridized carbons (Fsp3) is 0.444. The summed E-state index contributed by atoms with van der Waals surface area (Å²) in [5.74, 6) is 0.805. The van der Waals surface area contributed by atoms with Crippen LogP contribution in [0.3, 0.4) is 0 Å². The molecule has 1 unspecified atom stereocenters. The Morgan fingerprint density at radius 3 is 2.37 bits per heavy atom. The van der Waals surface area contributed by atoms with Crippen LogP contribution in [-0.2, 0) is 0 Å². The van der Waals surface area contributed by atoms with Crippen LogP contribution >= 0.6 is 15.9 Å². The lowest BCUT2D eigenvalue weighted by Gasteiger charge is -2.27. The summed E-state index contributed by atoms with van der Waals surface area (Å²) in [6.07, 6.45) is 6.97. The van der Waals surface area contributed by atoms with Crippen molar-refractivity contribution in [3.05, 3.63) is 47.5 Å². The zero-order valence-corrected chi connectivity index (χ0v) is 13.1. The van der Waals surface area contributed by atoms with Crippen molar-refractivity contribution >= 4 is 26.7 Å². The molecule has 0 radical (unpaired) electrons. The lowest BCUT2D eigenvalue weighted by Crippen LogP contribution is -2.12. The Hall–Kier alpha value is -0.820. The topological polar surface area (TPSA) is 0 Å². The Balaban J connectivity index is 2.02. The minimum absolute atomic E-state index is 0.512. The maximum atomic E-state index is 3.99. The molecular formula is C18H21Br. The summed E-state index contributed by atoms with van der Waals surface area (Å²) >= 11 is 3.99. The molecule has 1 aliphatic rings. The summed E-state index contributed by atoms with van der Waals surface area (Å²) in [6.45, 7) is 2.20. The van der Waals surface area contributed by atoms with Gasteiger partial charge in [0.2, 0.25) is 0 Å². The summed E-state index contributed by atoms with van der Waals surface area (Å²) in [7, 11) is 0. The van der Waals surface area contributed by atoms with E-state index in [2.05, 4.69) is 59.3 Å². The van der Waals surface area contributed by atoms with Crippen LogP contribution < -0.4 is 0 Å². The van der Waals surface area contributed by atoms with Crippen LogP contribution in [-0.4, -0.2) is 0 Å². The molecular weight excluding hydrogens is 296 g/mol. The van der Waals surface area contributed by atoms with E-state index < -0.39 is 0 Å². The molecule has 19 heavy (non-hydrogen) atoms. The molecule has 1 atom stereocenters. The number of hydrogen-bond acceptors (Lipinski definition) is 0. The van der Waals surface area contributed by atoms with Gasteiger partial charge in [0.05, 0.1) is 0 Å². The number of rotatable bonds is 2. The summed E-state index contributed by atoms with van der Waals surface area (Å²) in [5.41, 5.74) is 2.86. The number of halogens is 1. The molecule has 1 aliphatic carbocycles. The standard InChI is InChI=1S/C18H21Br/c1-13-11-12-17(16-10-6-5-9-15(13)16)18(19)14-7-3-2-4-8-14/h5-6,9-12,14,18H,2-4,7-8H2,1H3. The van der Waals surface area contributed by atoms with Crippen LogP contribution in [0.25, 0.3) is 10.8 Å². The maximum absolute atomic E-state index is 3.99. The zero-order valence-electron chi connectivity index (χ0n) is 11.5. The molecule has 0 aromatic heterocycles. The first-order valence-electron chi connectivity index (χ1n) is 7.39. The quantitative estimate of drug-likeness (QED) is 0.581. The minimum Gasteiger partial charge on any atom is -0.0836 e. The molecule has 1 fully saturated rings. The Bertz CT molecular complexity index is 567. The van der Waals surface area contributed by atoms with Crippen LogP contribution in [0.4, 0.5) is 0 Å². The van der Waals surface area contributed by atoms with E-state index in [0.29, 0.717) is 4.83 Å². The minimum atomic E-state index is 0.512. The van der Waals surface area contributed by atoms with E-state index in [4.69, 9.17) is 0 Å². The van der Waals surface area contributed by atoms with Crippen molar-refractivity contribution in [1.29, 1.82) is 0 Å². The number of fused-ring (bicyclic) bond motifs is 1. The monoisotopic (exact) mass is 316 g/mol. The van der Waals surface area contributed by atoms with Gasteiger partial charge in [0.1, 0.15) is 0 Å². The third kappa shape index (κ3) is 2.58. The normalized spacial score (nSPS) is 18.6. The molecule has 0 spiro atoms. The third-order valence-corrected chi connectivity index (χ3v) is 5.78. The molecule has 0 amide bonds. The highest BCUT2D eigenvalue weighted by Crippen LogP contribution is 2.42. The first-order valence-corrected chi connectivity index (χ1v) is 8.31. The smallest absolute Gasteiger partial charge is 0.0429 e. The maximum Gasteiger partial charge on any atom is 0.0429 e. The molecule has 0 bridgehead atoms. The van der Waals surface area contributed by atoms with Gasteiger partial charge in [0.25, 0.3) is 0 Å². The largest absolute Gasteiger partial charge is 0.0836 e. The lowest BCUT2D eigenvalue weighted by molar-refractivity contribution is 0.355. The van der Waals surface area contributed by atoms with Gasteiger partial charge in [-0.15, -0.1) is 0 Å². The van der Waals surface area contributed by atoms with Crippen molar-refractivity contribution in [3.8, 4) is 0 Å². The second-order valence-corrected chi connectivity index (χ2v) is 6.80. The van der Waals surface area contributed by atoms with Gasteiger partial charge >= 0.3 is 0 Å². The van der Waals surface area contributed by atoms with Gasteiger partial charge < -0.3 is 0 Å². The summed E-state index contributed by atoms with van der Waals surface area (Å²) in [4.78, 5) is 0.512. The van der Waals surface area contributed by atoms with Gasteiger partial charge in [0.15, 0.2) is 0 Å². The highest BCUT2D eigenvalue weighted by Gasteiger charge is 2.24. The van der Waals surface area contributed by atoms with Crippen molar-refractivity contribution in [2.75, 3.05) is 0 Å². The van der Waals surface area contributed by atoms with E-state index in [1.165, 1.54) is 54.0 Å². The van der Waals surface area contributed by atoms with E-state index in [1.807, 2.05) is 0 Å². The predicted molar refractivity (Wildman–Crippen MR) is 86.9 cm³/mol. The van der Waals surface area contributed by atoms with Crippen molar-refractivity contribution in [2.45, 2.75) is 43.9 Å². The van der Waals surface area contributed by atoms with Crippen LogP contribution in [0.1, 0.15) is 48.1 Å². The summed E-state index contributed by atoms with van der Waals surface area (Å²) in [5, 5.41) is 2.83. The molecule has 0 nitrogen and oxygen atoms in total. The second-order valence-electron chi connectivity index (χ2n) is 5.82. The molecule has 2 aromatic carbocycles. The van der Waals surface area contributed by atoms with Crippen molar-refractivity contribution in [2.24, 2.45) is 5.92 Å². The lowest BCUT2D eigenvalue weighted by atomic mass is 9.83.